The van der Waals surface area contributed by atoms with Gasteiger partial charge in [-0.25, -0.2) is 4.79 Å². The molecule has 2 aromatic carbocycles. The summed E-state index contributed by atoms with van der Waals surface area (Å²) in [4.78, 5) is 33.4. The number of benzene rings is 2. The molecule has 2 rings (SSSR count). The van der Waals surface area contributed by atoms with Crippen molar-refractivity contribution in [1.82, 2.24) is 0 Å². The number of anilines is 2. The minimum atomic E-state index is -0.985. The highest BCUT2D eigenvalue weighted by Gasteiger charge is 2.13. The van der Waals surface area contributed by atoms with Crippen molar-refractivity contribution >= 4 is 74.3 Å². The van der Waals surface area contributed by atoms with E-state index in [1.54, 1.807) is 31.2 Å². The van der Waals surface area contributed by atoms with Crippen molar-refractivity contribution in [2.75, 3.05) is 18.1 Å². The molecule has 7 nitrogen and oxygen atoms in total. The van der Waals surface area contributed by atoms with Gasteiger partial charge in [-0.05, 0) is 88.5 Å². The van der Waals surface area contributed by atoms with Crippen LogP contribution in [-0.2, 0) is 9.53 Å². The highest BCUT2D eigenvalue weighted by Crippen LogP contribution is 2.18. The fourth-order valence-corrected chi connectivity index (χ4v) is 3.05. The summed E-state index contributed by atoms with van der Waals surface area (Å²) in [6.07, 6.45) is 0.223. The zero-order chi connectivity index (χ0) is 21.3. The number of rotatable bonds is 6. The number of carbonyl (C=O) groups excluding carboxylic acids is 2. The van der Waals surface area contributed by atoms with E-state index in [1.807, 2.05) is 28.7 Å². The Labute approximate surface area is 190 Å². The molecule has 0 amide bonds. The van der Waals surface area contributed by atoms with Crippen molar-refractivity contribution in [3.63, 3.8) is 0 Å². The van der Waals surface area contributed by atoms with Crippen LogP contribution in [0.15, 0.2) is 36.4 Å². The molecule has 0 aliphatic heterocycles. The predicted molar refractivity (Wildman–Crippen MR) is 124 cm³/mol. The van der Waals surface area contributed by atoms with Gasteiger partial charge in [0.2, 0.25) is 0 Å². The molecule has 0 heterocycles. The lowest BCUT2D eigenvalue weighted by Gasteiger charge is -2.05. The maximum Gasteiger partial charge on any atom is 0.337 e. The van der Waals surface area contributed by atoms with Gasteiger partial charge in [-0.3, -0.25) is 9.59 Å². The number of hydrogen-bond donors (Lipinski definition) is 3. The maximum atomic E-state index is 11.8. The second-order valence-electron chi connectivity index (χ2n) is 5.50. The second-order valence-corrected chi connectivity index (χ2v) is 7.99. The molecule has 0 atom stereocenters. The normalized spacial score (nSPS) is 9.82. The molecule has 9 heteroatoms. The first-order chi connectivity index (χ1) is 13.1. The molecule has 0 bridgehead atoms. The Morgan fingerprint density at radius 2 is 1.43 bits per heavy atom. The SMILES string of the molecule is CCOC(=O)CCC(=O)c1cc(I)ccc1N.Nc1ccc(I)cc1C(=O)O. The van der Waals surface area contributed by atoms with Crippen molar-refractivity contribution in [3.8, 4) is 0 Å². The van der Waals surface area contributed by atoms with Gasteiger partial charge in [-0.2, -0.15) is 0 Å². The zero-order valence-electron chi connectivity index (χ0n) is 15.1. The summed E-state index contributed by atoms with van der Waals surface area (Å²) < 4.78 is 6.57. The monoisotopic (exact) mass is 610 g/mol. The number of ether oxygens (including phenoxy) is 1. The standard InChI is InChI=1S/C12H14INO3.C7H6INO2/c1-2-17-12(16)6-5-11(15)9-7-8(13)3-4-10(9)14;8-4-1-2-6(9)5(3-4)7(10)11/h3-4,7H,2,5-6,14H2,1H3;1-3H,9H2,(H,10,11). The van der Waals surface area contributed by atoms with Gasteiger partial charge in [-0.1, -0.05) is 0 Å². The number of carbonyl (C=O) groups is 3. The lowest BCUT2D eigenvalue weighted by atomic mass is 10.1. The number of halogens is 2. The van der Waals surface area contributed by atoms with Crippen LogP contribution in [0.3, 0.4) is 0 Å². The van der Waals surface area contributed by atoms with E-state index in [0.717, 1.165) is 7.14 Å². The van der Waals surface area contributed by atoms with E-state index >= 15 is 0 Å². The fraction of sp³-hybridized carbons (Fsp3) is 0.211. The topological polar surface area (TPSA) is 133 Å². The second kappa shape index (κ2) is 11.8. The molecule has 0 saturated heterocycles. The van der Waals surface area contributed by atoms with Crippen molar-refractivity contribution < 1.29 is 24.2 Å². The third-order valence-electron chi connectivity index (χ3n) is 3.42. The number of carboxylic acids is 1. The Morgan fingerprint density at radius 3 is 1.89 bits per heavy atom. The smallest absolute Gasteiger partial charge is 0.337 e. The van der Waals surface area contributed by atoms with E-state index in [2.05, 4.69) is 22.6 Å². The molecule has 0 unspecified atom stereocenters. The molecular weight excluding hydrogens is 590 g/mol. The summed E-state index contributed by atoms with van der Waals surface area (Å²) in [6.45, 7) is 2.07. The number of aromatic carboxylic acids is 1. The summed E-state index contributed by atoms with van der Waals surface area (Å²) >= 11 is 4.15. The van der Waals surface area contributed by atoms with Gasteiger partial charge >= 0.3 is 11.9 Å². The molecule has 0 fully saturated rings. The molecular formula is C19H20I2N2O5. The van der Waals surface area contributed by atoms with Crippen LogP contribution in [0.1, 0.15) is 40.5 Å². The molecule has 0 aromatic heterocycles. The first kappa shape index (κ1) is 24.1. The quantitative estimate of drug-likeness (QED) is 0.195. The number of hydrogen-bond acceptors (Lipinski definition) is 6. The summed E-state index contributed by atoms with van der Waals surface area (Å²) in [6, 6.07) is 10.1. The van der Waals surface area contributed by atoms with Gasteiger partial charge in [0.25, 0.3) is 0 Å². The molecule has 0 aliphatic rings. The number of nitrogen functional groups attached to an aromatic ring is 2. The number of Topliss-reactive ketones (excluding diaryl/α,β-unsaturated/α-hetero) is 1. The minimum Gasteiger partial charge on any atom is -0.478 e. The van der Waals surface area contributed by atoms with Crippen LogP contribution in [0.4, 0.5) is 11.4 Å². The highest BCUT2D eigenvalue weighted by molar-refractivity contribution is 14.1. The molecule has 2 aromatic rings. The van der Waals surface area contributed by atoms with E-state index in [9.17, 15) is 14.4 Å². The van der Waals surface area contributed by atoms with Crippen LogP contribution in [-0.4, -0.2) is 29.4 Å². The van der Waals surface area contributed by atoms with Crippen LogP contribution >= 0.6 is 45.2 Å². The van der Waals surface area contributed by atoms with Crippen LogP contribution in [0, 0.1) is 7.14 Å². The van der Waals surface area contributed by atoms with Gasteiger partial charge in [0.05, 0.1) is 18.6 Å². The van der Waals surface area contributed by atoms with Gasteiger partial charge in [-0.15, -0.1) is 0 Å². The number of nitrogens with two attached hydrogens (primary N) is 2. The Bertz CT molecular complexity index is 871. The van der Waals surface area contributed by atoms with Crippen LogP contribution < -0.4 is 11.5 Å². The van der Waals surface area contributed by atoms with Gasteiger partial charge in [0.15, 0.2) is 5.78 Å². The molecule has 0 spiro atoms. The number of carboxylic acid groups (broad SMARTS) is 1. The summed E-state index contributed by atoms with van der Waals surface area (Å²) in [5.41, 5.74) is 12.5. The number of esters is 1. The Balaban J connectivity index is 0.000000307. The molecule has 28 heavy (non-hydrogen) atoms. The van der Waals surface area contributed by atoms with E-state index in [0.29, 0.717) is 23.5 Å². The van der Waals surface area contributed by atoms with Crippen LogP contribution in [0.2, 0.25) is 0 Å². The molecule has 150 valence electrons. The number of ketones is 1. The molecule has 5 N–H and O–H groups in total. The van der Waals surface area contributed by atoms with E-state index in [4.69, 9.17) is 21.3 Å². The lowest BCUT2D eigenvalue weighted by molar-refractivity contribution is -0.143. The van der Waals surface area contributed by atoms with Crippen molar-refractivity contribution in [3.05, 3.63) is 54.7 Å². The Kier molecular flexibility index (Phi) is 10.2. The average molecular weight is 610 g/mol. The Hall–Kier alpha value is -1.89. The third-order valence-corrected chi connectivity index (χ3v) is 4.76. The van der Waals surface area contributed by atoms with Crippen LogP contribution in [0.5, 0.6) is 0 Å². The molecule has 0 saturated carbocycles. The summed E-state index contributed by atoms with van der Waals surface area (Å²) in [7, 11) is 0. The van der Waals surface area contributed by atoms with E-state index < -0.39 is 5.97 Å². The third kappa shape index (κ3) is 8.00. The molecule has 0 radical (unpaired) electrons. The van der Waals surface area contributed by atoms with E-state index in [-0.39, 0.29) is 30.2 Å². The van der Waals surface area contributed by atoms with E-state index in [1.165, 1.54) is 6.07 Å². The Morgan fingerprint density at radius 1 is 0.929 bits per heavy atom. The first-order valence-corrected chi connectivity index (χ1v) is 10.3. The summed E-state index contributed by atoms with van der Waals surface area (Å²) in [5, 5.41) is 8.61. The fourth-order valence-electron chi connectivity index (χ4n) is 2.07. The zero-order valence-corrected chi connectivity index (χ0v) is 19.4. The van der Waals surface area contributed by atoms with Crippen molar-refractivity contribution in [2.24, 2.45) is 0 Å². The maximum absolute atomic E-state index is 11.8. The minimum absolute atomic E-state index is 0.0948. The molecule has 0 aliphatic carbocycles. The van der Waals surface area contributed by atoms with Gasteiger partial charge < -0.3 is 21.3 Å². The average Bonchev–Trinajstić information content (AvgIpc) is 2.64. The van der Waals surface area contributed by atoms with Gasteiger partial charge in [0, 0.05) is 30.5 Å². The first-order valence-electron chi connectivity index (χ1n) is 8.17. The van der Waals surface area contributed by atoms with Gasteiger partial charge in [0.1, 0.15) is 0 Å². The highest BCUT2D eigenvalue weighted by atomic mass is 127. The van der Waals surface area contributed by atoms with Crippen molar-refractivity contribution in [2.45, 2.75) is 19.8 Å². The summed E-state index contributed by atoms with van der Waals surface area (Å²) in [5.74, 6) is -1.47. The predicted octanol–water partition coefficient (Wildman–Crippen LogP) is 3.97. The lowest BCUT2D eigenvalue weighted by Crippen LogP contribution is -2.09. The van der Waals surface area contributed by atoms with Crippen LogP contribution in [0.25, 0.3) is 0 Å². The largest absolute Gasteiger partial charge is 0.478 e. The van der Waals surface area contributed by atoms with Crippen molar-refractivity contribution in [1.29, 1.82) is 0 Å².